The number of aromatic nitrogens is 2. The Morgan fingerprint density at radius 1 is 0.882 bits per heavy atom. The molecule has 0 atom stereocenters. The molecule has 0 radical (unpaired) electrons. The first-order valence-corrected chi connectivity index (χ1v) is 4.21. The van der Waals surface area contributed by atoms with Gasteiger partial charge in [-0.15, -0.1) is 0 Å². The van der Waals surface area contributed by atoms with E-state index < -0.39 is 9.85 Å². The van der Waals surface area contributed by atoms with E-state index >= 15 is 0 Å². The average molecular weight is 238 g/mol. The molecule has 0 saturated heterocycles. The topological polar surface area (TPSA) is 125 Å². The number of nitro groups is 2. The zero-order valence-electron chi connectivity index (χ0n) is 8.29. The summed E-state index contributed by atoms with van der Waals surface area (Å²) in [5.41, 5.74) is -0.304. The van der Waals surface area contributed by atoms with Crippen molar-refractivity contribution in [3.05, 3.63) is 56.9 Å². The molecule has 0 aliphatic heterocycles. The highest BCUT2D eigenvalue weighted by atomic mass is 16.6. The van der Waals surface area contributed by atoms with Crippen molar-refractivity contribution in [3.8, 4) is 0 Å². The summed E-state index contributed by atoms with van der Waals surface area (Å²) in [7, 11) is 0. The summed E-state index contributed by atoms with van der Waals surface area (Å²) >= 11 is 0. The minimum Gasteiger partial charge on any atom is -0.258 e. The van der Waals surface area contributed by atoms with Gasteiger partial charge < -0.3 is 0 Å². The molecule has 9 heteroatoms. The molecule has 1 aromatic heterocycles. The number of benzene rings is 1. The monoisotopic (exact) mass is 238 g/mol. The van der Waals surface area contributed by atoms with Crippen LogP contribution in [-0.2, 0) is 0 Å². The second-order valence-corrected chi connectivity index (χ2v) is 2.62. The molecule has 1 aromatic carbocycles. The maximum absolute atomic E-state index is 10.1. The molecular formula is C8H6N4O5. The van der Waals surface area contributed by atoms with E-state index in [0.29, 0.717) is 0 Å². The Hall–Kier alpha value is -2.84. The summed E-state index contributed by atoms with van der Waals surface area (Å²) in [6.07, 6.45) is 2.94. The fraction of sp³-hybridized carbons (Fsp3) is 0. The lowest BCUT2D eigenvalue weighted by Crippen LogP contribution is -1.90. The van der Waals surface area contributed by atoms with E-state index in [1.165, 1.54) is 12.4 Å². The van der Waals surface area contributed by atoms with Crippen LogP contribution in [0.15, 0.2) is 41.3 Å². The summed E-state index contributed by atoms with van der Waals surface area (Å²) in [5.74, 6) is 0. The molecule has 0 aliphatic carbocycles. The molecule has 0 fully saturated rings. The van der Waals surface area contributed by atoms with Crippen LogP contribution in [0.4, 0.5) is 11.4 Å². The Balaban J connectivity index is 0.000000239. The second kappa shape index (κ2) is 5.90. The normalized spacial score (nSPS) is 8.94. The lowest BCUT2D eigenvalue weighted by atomic mass is 10.3. The fourth-order valence-corrected chi connectivity index (χ4v) is 0.832. The summed E-state index contributed by atoms with van der Waals surface area (Å²) in [4.78, 5) is 19.0. The van der Waals surface area contributed by atoms with Crippen molar-refractivity contribution < 1.29 is 14.5 Å². The van der Waals surface area contributed by atoms with Gasteiger partial charge in [-0.1, -0.05) is 10.3 Å². The SMILES string of the molecule is O=[N+]([O-])c1ccc([N+](=O)[O-])cc1.c1cnon1. The van der Waals surface area contributed by atoms with Crippen molar-refractivity contribution in [2.45, 2.75) is 0 Å². The number of non-ortho nitro benzene ring substituents is 2. The lowest BCUT2D eigenvalue weighted by Gasteiger charge is -1.90. The van der Waals surface area contributed by atoms with Crippen molar-refractivity contribution >= 4 is 11.4 Å². The Morgan fingerprint density at radius 2 is 1.24 bits per heavy atom. The summed E-state index contributed by atoms with van der Waals surface area (Å²) < 4.78 is 4.08. The predicted molar refractivity (Wildman–Crippen MR) is 54.0 cm³/mol. The molecule has 17 heavy (non-hydrogen) atoms. The maximum Gasteiger partial charge on any atom is 0.269 e. The van der Waals surface area contributed by atoms with Gasteiger partial charge in [0.1, 0.15) is 0 Å². The van der Waals surface area contributed by atoms with E-state index in [1.54, 1.807) is 0 Å². The number of hydrogen-bond donors (Lipinski definition) is 0. The zero-order valence-corrected chi connectivity index (χ0v) is 8.29. The number of hydrogen-bond acceptors (Lipinski definition) is 7. The third-order valence-electron chi connectivity index (χ3n) is 1.55. The van der Waals surface area contributed by atoms with Gasteiger partial charge in [0.25, 0.3) is 11.4 Å². The van der Waals surface area contributed by atoms with E-state index in [4.69, 9.17) is 0 Å². The molecule has 2 rings (SSSR count). The number of nitrogens with zero attached hydrogens (tertiary/aromatic N) is 4. The summed E-state index contributed by atoms with van der Waals surface area (Å²) in [6.45, 7) is 0. The molecule has 0 saturated carbocycles. The third kappa shape index (κ3) is 4.03. The molecule has 9 nitrogen and oxygen atoms in total. The van der Waals surface area contributed by atoms with Crippen LogP contribution in [0.1, 0.15) is 0 Å². The van der Waals surface area contributed by atoms with Gasteiger partial charge in [0.15, 0.2) is 0 Å². The van der Waals surface area contributed by atoms with Crippen molar-refractivity contribution in [2.75, 3.05) is 0 Å². The Bertz CT molecular complexity index is 431. The smallest absolute Gasteiger partial charge is 0.258 e. The van der Waals surface area contributed by atoms with Crippen LogP contribution >= 0.6 is 0 Å². The van der Waals surface area contributed by atoms with Crippen LogP contribution in [0.25, 0.3) is 0 Å². The van der Waals surface area contributed by atoms with E-state index in [9.17, 15) is 20.2 Å². The average Bonchev–Trinajstić information content (AvgIpc) is 2.87. The van der Waals surface area contributed by atoms with Crippen LogP contribution < -0.4 is 0 Å². The molecule has 0 unspecified atom stereocenters. The van der Waals surface area contributed by atoms with Crippen molar-refractivity contribution in [1.29, 1.82) is 0 Å². The van der Waals surface area contributed by atoms with E-state index in [2.05, 4.69) is 14.9 Å². The maximum atomic E-state index is 10.1. The molecule has 0 N–H and O–H groups in total. The van der Waals surface area contributed by atoms with Gasteiger partial charge in [-0.25, -0.2) is 4.63 Å². The molecule has 88 valence electrons. The van der Waals surface area contributed by atoms with Gasteiger partial charge in [0.2, 0.25) is 0 Å². The molecule has 2 aromatic rings. The first-order chi connectivity index (χ1) is 8.11. The number of nitro benzene ring substituents is 2. The minimum absolute atomic E-state index is 0.152. The van der Waals surface area contributed by atoms with Gasteiger partial charge in [-0.3, -0.25) is 20.2 Å². The van der Waals surface area contributed by atoms with E-state index in [1.807, 2.05) is 0 Å². The van der Waals surface area contributed by atoms with Crippen LogP contribution in [-0.4, -0.2) is 20.2 Å². The van der Waals surface area contributed by atoms with E-state index in [-0.39, 0.29) is 11.4 Å². The van der Waals surface area contributed by atoms with E-state index in [0.717, 1.165) is 24.3 Å². The number of rotatable bonds is 2. The van der Waals surface area contributed by atoms with Crippen LogP contribution in [0.3, 0.4) is 0 Å². The van der Waals surface area contributed by atoms with Crippen molar-refractivity contribution in [1.82, 2.24) is 10.3 Å². The molecule has 0 bridgehead atoms. The van der Waals surface area contributed by atoms with Gasteiger partial charge in [-0.2, -0.15) is 0 Å². The van der Waals surface area contributed by atoms with Gasteiger partial charge >= 0.3 is 0 Å². The molecule has 0 aliphatic rings. The quantitative estimate of drug-likeness (QED) is 0.574. The Labute approximate surface area is 93.9 Å². The second-order valence-electron chi connectivity index (χ2n) is 2.62. The molecule has 0 spiro atoms. The highest BCUT2D eigenvalue weighted by Gasteiger charge is 2.08. The standard InChI is InChI=1S/C6H4N2O4.C2H2N2O/c9-7(10)5-1-2-6(4-3-5)8(11)12;1-2-4-5-3-1/h1-4H;1-2H. The minimum atomic E-state index is -0.607. The molecule has 1 heterocycles. The van der Waals surface area contributed by atoms with Crippen LogP contribution in [0.5, 0.6) is 0 Å². The molecule has 0 amide bonds. The highest BCUT2D eigenvalue weighted by Crippen LogP contribution is 2.16. The zero-order chi connectivity index (χ0) is 12.7. The van der Waals surface area contributed by atoms with Gasteiger partial charge in [0.05, 0.1) is 22.2 Å². The third-order valence-corrected chi connectivity index (χ3v) is 1.55. The highest BCUT2D eigenvalue weighted by molar-refractivity contribution is 5.39. The summed E-state index contributed by atoms with van der Waals surface area (Å²) in [5, 5.41) is 26.7. The summed E-state index contributed by atoms with van der Waals surface area (Å²) in [6, 6.07) is 4.38. The van der Waals surface area contributed by atoms with Gasteiger partial charge in [-0.05, 0) is 0 Å². The predicted octanol–water partition coefficient (Wildman–Crippen LogP) is 1.57. The first kappa shape index (κ1) is 12.2. The largest absolute Gasteiger partial charge is 0.269 e. The Kier molecular flexibility index (Phi) is 4.25. The van der Waals surface area contributed by atoms with Crippen molar-refractivity contribution in [3.63, 3.8) is 0 Å². The van der Waals surface area contributed by atoms with Crippen LogP contribution in [0, 0.1) is 20.2 Å². The van der Waals surface area contributed by atoms with Gasteiger partial charge in [0, 0.05) is 24.3 Å². The van der Waals surface area contributed by atoms with Crippen molar-refractivity contribution in [2.24, 2.45) is 0 Å². The fourth-order valence-electron chi connectivity index (χ4n) is 0.832. The van der Waals surface area contributed by atoms with Crippen LogP contribution in [0.2, 0.25) is 0 Å². The molecular weight excluding hydrogens is 232 g/mol. The Morgan fingerprint density at radius 3 is 1.41 bits per heavy atom. The lowest BCUT2D eigenvalue weighted by molar-refractivity contribution is -0.389. The first-order valence-electron chi connectivity index (χ1n) is 4.21.